The summed E-state index contributed by atoms with van der Waals surface area (Å²) in [6.07, 6.45) is 1.05. The van der Waals surface area contributed by atoms with Crippen molar-refractivity contribution in [2.45, 2.75) is 9.79 Å². The average molecular weight is 371 g/mol. The van der Waals surface area contributed by atoms with Gasteiger partial charge in [-0.15, -0.1) is 0 Å². The zero-order chi connectivity index (χ0) is 18.0. The normalized spacial score (nSPS) is 11.8. The van der Waals surface area contributed by atoms with Gasteiger partial charge in [-0.1, -0.05) is 0 Å². The molecule has 0 atom stereocenters. The molecule has 0 unspecified atom stereocenters. The van der Waals surface area contributed by atoms with Gasteiger partial charge in [0.1, 0.15) is 11.5 Å². The number of benzene rings is 2. The van der Waals surface area contributed by atoms with Crippen LogP contribution in [-0.2, 0) is 19.9 Å². The third-order valence-corrected chi connectivity index (χ3v) is 5.72. The maximum atomic E-state index is 12.5. The molecule has 0 saturated heterocycles. The molecule has 0 heterocycles. The van der Waals surface area contributed by atoms with Gasteiger partial charge in [0, 0.05) is 12.3 Å². The number of hydrogen-bond donors (Lipinski definition) is 1. The Hall–Kier alpha value is -2.26. The number of sulfonamides is 1. The number of rotatable bonds is 6. The van der Waals surface area contributed by atoms with Gasteiger partial charge in [0.25, 0.3) is 10.0 Å². The Labute approximate surface area is 141 Å². The first-order chi connectivity index (χ1) is 11.2. The SMILES string of the molecule is COc1ccc(OC)c(NS(=O)(=O)c2ccc(S(C)(=O)=O)cc2)c1. The van der Waals surface area contributed by atoms with E-state index in [4.69, 9.17) is 9.47 Å². The van der Waals surface area contributed by atoms with E-state index in [0.717, 1.165) is 6.26 Å². The van der Waals surface area contributed by atoms with E-state index in [1.54, 1.807) is 12.1 Å². The van der Waals surface area contributed by atoms with Gasteiger partial charge in [-0.2, -0.15) is 0 Å². The van der Waals surface area contributed by atoms with E-state index in [-0.39, 0.29) is 15.5 Å². The van der Waals surface area contributed by atoms with Gasteiger partial charge in [-0.3, -0.25) is 4.72 Å². The summed E-state index contributed by atoms with van der Waals surface area (Å²) in [5, 5.41) is 0. The highest BCUT2D eigenvalue weighted by Crippen LogP contribution is 2.31. The Morgan fingerprint density at radius 2 is 1.42 bits per heavy atom. The molecule has 0 aliphatic carbocycles. The molecule has 0 fully saturated rings. The van der Waals surface area contributed by atoms with Crippen LogP contribution < -0.4 is 14.2 Å². The first kappa shape index (κ1) is 18.1. The Kier molecular flexibility index (Phi) is 5.05. The molecule has 9 heteroatoms. The topological polar surface area (TPSA) is 98.8 Å². The van der Waals surface area contributed by atoms with Crippen LogP contribution >= 0.6 is 0 Å². The third kappa shape index (κ3) is 3.98. The quantitative estimate of drug-likeness (QED) is 0.833. The maximum absolute atomic E-state index is 12.5. The summed E-state index contributed by atoms with van der Waals surface area (Å²) in [5.41, 5.74) is 0.212. The minimum absolute atomic E-state index is 0.0420. The molecule has 0 spiro atoms. The molecule has 0 radical (unpaired) electrons. The molecule has 0 aliphatic rings. The van der Waals surface area contributed by atoms with Crippen LogP contribution in [0.2, 0.25) is 0 Å². The predicted octanol–water partition coefficient (Wildman–Crippen LogP) is 1.91. The van der Waals surface area contributed by atoms with Crippen LogP contribution in [0, 0.1) is 0 Å². The van der Waals surface area contributed by atoms with E-state index < -0.39 is 19.9 Å². The summed E-state index contributed by atoms with van der Waals surface area (Å²) < 4.78 is 60.4. The van der Waals surface area contributed by atoms with Crippen molar-refractivity contribution in [1.82, 2.24) is 0 Å². The van der Waals surface area contributed by atoms with Crippen LogP contribution in [0.3, 0.4) is 0 Å². The monoisotopic (exact) mass is 371 g/mol. The number of ether oxygens (including phenoxy) is 2. The van der Waals surface area contributed by atoms with Crippen LogP contribution in [0.25, 0.3) is 0 Å². The Balaban J connectivity index is 2.38. The molecule has 1 N–H and O–H groups in total. The fourth-order valence-electron chi connectivity index (χ4n) is 1.96. The fourth-order valence-corrected chi connectivity index (χ4v) is 3.66. The number of nitrogens with one attached hydrogen (secondary N) is 1. The maximum Gasteiger partial charge on any atom is 0.262 e. The molecular weight excluding hydrogens is 354 g/mol. The lowest BCUT2D eigenvalue weighted by atomic mass is 10.3. The van der Waals surface area contributed by atoms with Crippen LogP contribution in [0.5, 0.6) is 11.5 Å². The molecule has 0 bridgehead atoms. The van der Waals surface area contributed by atoms with Crippen LogP contribution in [0.1, 0.15) is 0 Å². The summed E-state index contributed by atoms with van der Waals surface area (Å²) in [6.45, 7) is 0. The third-order valence-electron chi connectivity index (χ3n) is 3.21. The number of anilines is 1. The van der Waals surface area contributed by atoms with Crippen molar-refractivity contribution >= 4 is 25.5 Å². The second-order valence-electron chi connectivity index (χ2n) is 4.92. The van der Waals surface area contributed by atoms with Crippen molar-refractivity contribution < 1.29 is 26.3 Å². The number of sulfone groups is 1. The zero-order valence-corrected chi connectivity index (χ0v) is 14.9. The number of methoxy groups -OCH3 is 2. The molecule has 2 rings (SSSR count). The summed E-state index contributed by atoms with van der Waals surface area (Å²) >= 11 is 0. The molecule has 0 saturated carbocycles. The lowest BCUT2D eigenvalue weighted by Gasteiger charge is -2.13. The van der Waals surface area contributed by atoms with E-state index in [9.17, 15) is 16.8 Å². The van der Waals surface area contributed by atoms with Gasteiger partial charge < -0.3 is 9.47 Å². The summed E-state index contributed by atoms with van der Waals surface area (Å²) in [4.78, 5) is -0.0276. The van der Waals surface area contributed by atoms with Crippen LogP contribution in [0.4, 0.5) is 5.69 Å². The molecule has 0 aromatic heterocycles. The molecule has 130 valence electrons. The molecule has 2 aromatic carbocycles. The minimum Gasteiger partial charge on any atom is -0.497 e. The predicted molar refractivity (Wildman–Crippen MR) is 89.9 cm³/mol. The Morgan fingerprint density at radius 3 is 1.92 bits per heavy atom. The van der Waals surface area contributed by atoms with Crippen LogP contribution in [-0.4, -0.2) is 37.3 Å². The van der Waals surface area contributed by atoms with E-state index in [2.05, 4.69) is 4.72 Å². The molecule has 24 heavy (non-hydrogen) atoms. The van der Waals surface area contributed by atoms with Crippen molar-refractivity contribution in [2.24, 2.45) is 0 Å². The van der Waals surface area contributed by atoms with Crippen LogP contribution in [0.15, 0.2) is 52.3 Å². The average Bonchev–Trinajstić information content (AvgIpc) is 2.53. The lowest BCUT2D eigenvalue weighted by molar-refractivity contribution is 0.405. The molecule has 0 amide bonds. The van der Waals surface area contributed by atoms with Gasteiger partial charge in [0.05, 0.1) is 29.7 Å². The lowest BCUT2D eigenvalue weighted by Crippen LogP contribution is -2.14. The second kappa shape index (κ2) is 6.70. The van der Waals surface area contributed by atoms with Crippen molar-refractivity contribution in [2.75, 3.05) is 25.2 Å². The van der Waals surface area contributed by atoms with Crippen molar-refractivity contribution in [3.63, 3.8) is 0 Å². The second-order valence-corrected chi connectivity index (χ2v) is 8.61. The first-order valence-corrected chi connectivity index (χ1v) is 10.1. The minimum atomic E-state index is -3.91. The van der Waals surface area contributed by atoms with Gasteiger partial charge in [-0.25, -0.2) is 16.8 Å². The summed E-state index contributed by atoms with van der Waals surface area (Å²) in [6, 6.07) is 9.64. The molecular formula is C15H17NO6S2. The van der Waals surface area contributed by atoms with Crippen molar-refractivity contribution in [1.29, 1.82) is 0 Å². The Bertz CT molecular complexity index is 934. The largest absolute Gasteiger partial charge is 0.497 e. The number of hydrogen-bond acceptors (Lipinski definition) is 6. The van der Waals surface area contributed by atoms with Crippen molar-refractivity contribution in [3.05, 3.63) is 42.5 Å². The van der Waals surface area contributed by atoms with E-state index in [0.29, 0.717) is 11.5 Å². The molecule has 7 nitrogen and oxygen atoms in total. The summed E-state index contributed by atoms with van der Waals surface area (Å²) in [5.74, 6) is 0.785. The fraction of sp³-hybridized carbons (Fsp3) is 0.200. The standard InChI is InChI=1S/C15H17NO6S2/c1-21-11-4-9-15(22-2)14(10-11)16-24(19,20)13-7-5-12(6-8-13)23(3,17)18/h4-10,16H,1-3H3. The van der Waals surface area contributed by atoms with Gasteiger partial charge in [-0.05, 0) is 36.4 Å². The zero-order valence-electron chi connectivity index (χ0n) is 13.3. The summed E-state index contributed by atoms with van der Waals surface area (Å²) in [7, 11) is -4.43. The van der Waals surface area contributed by atoms with E-state index in [1.165, 1.54) is 44.6 Å². The van der Waals surface area contributed by atoms with Gasteiger partial charge >= 0.3 is 0 Å². The highest BCUT2D eigenvalue weighted by atomic mass is 32.2. The highest BCUT2D eigenvalue weighted by molar-refractivity contribution is 7.92. The van der Waals surface area contributed by atoms with Crippen molar-refractivity contribution in [3.8, 4) is 11.5 Å². The van der Waals surface area contributed by atoms with E-state index >= 15 is 0 Å². The highest BCUT2D eigenvalue weighted by Gasteiger charge is 2.18. The molecule has 2 aromatic rings. The van der Waals surface area contributed by atoms with Gasteiger partial charge in [0.2, 0.25) is 0 Å². The molecule has 0 aliphatic heterocycles. The smallest absolute Gasteiger partial charge is 0.262 e. The Morgan fingerprint density at radius 1 is 0.833 bits per heavy atom. The first-order valence-electron chi connectivity index (χ1n) is 6.72. The van der Waals surface area contributed by atoms with E-state index in [1.807, 2.05) is 0 Å². The van der Waals surface area contributed by atoms with Gasteiger partial charge in [0.15, 0.2) is 9.84 Å².